The van der Waals surface area contributed by atoms with Crippen LogP contribution in [0.15, 0.2) is 0 Å². The zero-order chi connectivity index (χ0) is 13.1. The quantitative estimate of drug-likeness (QED) is 0.746. The van der Waals surface area contributed by atoms with Crippen LogP contribution in [0.25, 0.3) is 0 Å². The Morgan fingerprint density at radius 3 is 2.33 bits per heavy atom. The highest BCUT2D eigenvalue weighted by Crippen LogP contribution is 2.28. The third-order valence-electron chi connectivity index (χ3n) is 3.86. The summed E-state index contributed by atoms with van der Waals surface area (Å²) in [6.45, 7) is 2.16. The van der Waals surface area contributed by atoms with Gasteiger partial charge in [0, 0.05) is 25.2 Å². The summed E-state index contributed by atoms with van der Waals surface area (Å²) >= 11 is 0. The minimum atomic E-state index is -3.43. The van der Waals surface area contributed by atoms with Crippen molar-refractivity contribution >= 4 is 10.2 Å². The Bertz CT molecular complexity index is 360. The lowest BCUT2D eigenvalue weighted by Gasteiger charge is -2.38. The van der Waals surface area contributed by atoms with Gasteiger partial charge in [0.2, 0.25) is 0 Å². The summed E-state index contributed by atoms with van der Waals surface area (Å²) in [4.78, 5) is 0. The Labute approximate surface area is 109 Å². The van der Waals surface area contributed by atoms with Gasteiger partial charge in [-0.15, -0.1) is 0 Å². The van der Waals surface area contributed by atoms with E-state index in [0.29, 0.717) is 32.8 Å². The summed E-state index contributed by atoms with van der Waals surface area (Å²) in [5, 5.41) is 0. The van der Waals surface area contributed by atoms with Crippen LogP contribution in [0.1, 0.15) is 32.1 Å². The molecule has 3 N–H and O–H groups in total. The summed E-state index contributed by atoms with van der Waals surface area (Å²) in [6, 6.07) is 0. The van der Waals surface area contributed by atoms with Crippen molar-refractivity contribution in [2.24, 2.45) is 5.73 Å². The van der Waals surface area contributed by atoms with Crippen LogP contribution in [-0.2, 0) is 14.9 Å². The molecule has 2 fully saturated rings. The molecule has 6 nitrogen and oxygen atoms in total. The minimum absolute atomic E-state index is 0.372. The van der Waals surface area contributed by atoms with Crippen molar-refractivity contribution in [1.29, 1.82) is 0 Å². The van der Waals surface area contributed by atoms with Gasteiger partial charge in [-0.05, 0) is 12.8 Å². The highest BCUT2D eigenvalue weighted by Gasteiger charge is 2.37. The third-order valence-corrected chi connectivity index (χ3v) is 5.59. The summed E-state index contributed by atoms with van der Waals surface area (Å²) in [6.07, 6.45) is 4.94. The minimum Gasteiger partial charge on any atom is -0.379 e. The van der Waals surface area contributed by atoms with Gasteiger partial charge in [-0.25, -0.2) is 0 Å². The number of hydrogen-bond acceptors (Lipinski definition) is 4. The summed E-state index contributed by atoms with van der Waals surface area (Å²) in [7, 11) is -3.43. The molecule has 1 heterocycles. The molecule has 0 atom stereocenters. The van der Waals surface area contributed by atoms with E-state index >= 15 is 0 Å². The van der Waals surface area contributed by atoms with Gasteiger partial charge < -0.3 is 10.5 Å². The Balaban J connectivity index is 2.05. The van der Waals surface area contributed by atoms with Crippen molar-refractivity contribution in [2.45, 2.75) is 37.6 Å². The molecule has 0 bridgehead atoms. The Hall–Kier alpha value is -0.210. The zero-order valence-corrected chi connectivity index (χ0v) is 11.5. The fraction of sp³-hybridized carbons (Fsp3) is 1.00. The molecule has 106 valence electrons. The number of rotatable bonds is 4. The summed E-state index contributed by atoms with van der Waals surface area (Å²) in [5.74, 6) is 0. The predicted molar refractivity (Wildman–Crippen MR) is 69.3 cm³/mol. The number of hydrogen-bond donors (Lipinski definition) is 2. The second kappa shape index (κ2) is 5.83. The molecule has 1 saturated heterocycles. The number of nitrogens with zero attached hydrogens (tertiary/aromatic N) is 1. The van der Waals surface area contributed by atoms with Gasteiger partial charge in [0.15, 0.2) is 0 Å². The number of morpholine rings is 1. The standard InChI is InChI=1S/C11H23N3O3S/c12-10-11(4-2-1-3-5-11)13-18(15,16)14-6-8-17-9-7-14/h13H,1-10,12H2. The van der Waals surface area contributed by atoms with Crippen LogP contribution in [0.2, 0.25) is 0 Å². The molecule has 0 radical (unpaired) electrons. The maximum absolute atomic E-state index is 12.3. The van der Waals surface area contributed by atoms with E-state index in [1.54, 1.807) is 0 Å². The Morgan fingerprint density at radius 2 is 1.78 bits per heavy atom. The Kier molecular flexibility index (Phi) is 4.60. The zero-order valence-electron chi connectivity index (χ0n) is 10.7. The topological polar surface area (TPSA) is 84.7 Å². The van der Waals surface area contributed by atoms with E-state index < -0.39 is 15.7 Å². The molecule has 0 aromatic heterocycles. The number of nitrogens with one attached hydrogen (secondary N) is 1. The lowest BCUT2D eigenvalue weighted by atomic mass is 9.83. The fourth-order valence-corrected chi connectivity index (χ4v) is 4.30. The molecule has 1 aliphatic carbocycles. The van der Waals surface area contributed by atoms with E-state index in [0.717, 1.165) is 25.7 Å². The average Bonchev–Trinajstić information content (AvgIpc) is 2.40. The first-order valence-electron chi connectivity index (χ1n) is 6.65. The van der Waals surface area contributed by atoms with E-state index in [9.17, 15) is 8.42 Å². The first kappa shape index (κ1) is 14.2. The van der Waals surface area contributed by atoms with Crippen molar-refractivity contribution in [3.05, 3.63) is 0 Å². The van der Waals surface area contributed by atoms with E-state index in [-0.39, 0.29) is 0 Å². The molecular weight excluding hydrogens is 254 g/mol. The highest BCUT2D eigenvalue weighted by molar-refractivity contribution is 7.87. The largest absolute Gasteiger partial charge is 0.379 e. The fourth-order valence-electron chi connectivity index (χ4n) is 2.70. The highest BCUT2D eigenvalue weighted by atomic mass is 32.2. The van der Waals surface area contributed by atoms with Gasteiger partial charge in [-0.2, -0.15) is 17.4 Å². The SMILES string of the molecule is NCC1(NS(=O)(=O)N2CCOCC2)CCCCC1. The molecule has 0 amide bonds. The van der Waals surface area contributed by atoms with Crippen LogP contribution < -0.4 is 10.5 Å². The molecule has 18 heavy (non-hydrogen) atoms. The lowest BCUT2D eigenvalue weighted by molar-refractivity contribution is 0.0716. The van der Waals surface area contributed by atoms with E-state index in [4.69, 9.17) is 10.5 Å². The van der Waals surface area contributed by atoms with Crippen LogP contribution in [0.4, 0.5) is 0 Å². The molecule has 1 saturated carbocycles. The Morgan fingerprint density at radius 1 is 1.17 bits per heavy atom. The van der Waals surface area contributed by atoms with Gasteiger partial charge in [0.05, 0.1) is 13.2 Å². The maximum Gasteiger partial charge on any atom is 0.280 e. The second-order valence-corrected chi connectivity index (χ2v) is 6.83. The lowest BCUT2D eigenvalue weighted by Crippen LogP contribution is -2.59. The van der Waals surface area contributed by atoms with Gasteiger partial charge in [0.1, 0.15) is 0 Å². The molecule has 0 aromatic carbocycles. The molecule has 0 unspecified atom stereocenters. The van der Waals surface area contributed by atoms with Crippen LogP contribution in [0.3, 0.4) is 0 Å². The number of ether oxygens (including phenoxy) is 1. The van der Waals surface area contributed by atoms with Crippen molar-refractivity contribution in [3.63, 3.8) is 0 Å². The van der Waals surface area contributed by atoms with E-state index in [1.807, 2.05) is 0 Å². The van der Waals surface area contributed by atoms with Crippen molar-refractivity contribution < 1.29 is 13.2 Å². The molecule has 0 spiro atoms. The van der Waals surface area contributed by atoms with Gasteiger partial charge in [-0.3, -0.25) is 0 Å². The van der Waals surface area contributed by atoms with Crippen molar-refractivity contribution in [3.8, 4) is 0 Å². The second-order valence-electron chi connectivity index (χ2n) is 5.16. The first-order chi connectivity index (χ1) is 8.58. The van der Waals surface area contributed by atoms with E-state index in [1.165, 1.54) is 10.7 Å². The van der Waals surface area contributed by atoms with Crippen molar-refractivity contribution in [1.82, 2.24) is 9.03 Å². The van der Waals surface area contributed by atoms with Crippen LogP contribution in [0.5, 0.6) is 0 Å². The monoisotopic (exact) mass is 277 g/mol. The van der Waals surface area contributed by atoms with Crippen LogP contribution >= 0.6 is 0 Å². The smallest absolute Gasteiger partial charge is 0.280 e. The first-order valence-corrected chi connectivity index (χ1v) is 8.09. The van der Waals surface area contributed by atoms with Crippen LogP contribution in [-0.4, -0.2) is 51.1 Å². The third kappa shape index (κ3) is 3.21. The number of nitrogens with two attached hydrogens (primary N) is 1. The molecule has 2 rings (SSSR count). The average molecular weight is 277 g/mol. The molecule has 1 aliphatic heterocycles. The summed E-state index contributed by atoms with van der Waals surface area (Å²) in [5.41, 5.74) is 5.37. The molecule has 0 aromatic rings. The maximum atomic E-state index is 12.3. The predicted octanol–water partition coefficient (Wildman–Crippen LogP) is -0.185. The molecule has 7 heteroatoms. The van der Waals surface area contributed by atoms with Gasteiger partial charge in [-0.1, -0.05) is 19.3 Å². The normalized spacial score (nSPS) is 26.1. The van der Waals surface area contributed by atoms with Crippen molar-refractivity contribution in [2.75, 3.05) is 32.8 Å². The molecular formula is C11H23N3O3S. The van der Waals surface area contributed by atoms with Gasteiger partial charge in [0.25, 0.3) is 10.2 Å². The van der Waals surface area contributed by atoms with Gasteiger partial charge >= 0.3 is 0 Å². The van der Waals surface area contributed by atoms with Crippen LogP contribution in [0, 0.1) is 0 Å². The van der Waals surface area contributed by atoms with E-state index in [2.05, 4.69) is 4.72 Å². The summed E-state index contributed by atoms with van der Waals surface area (Å²) < 4.78 is 34.1. The molecule has 2 aliphatic rings.